The lowest BCUT2D eigenvalue weighted by molar-refractivity contribution is -0.129. The lowest BCUT2D eigenvalue weighted by Crippen LogP contribution is -2.29. The second kappa shape index (κ2) is 2.56. The standard InChI is InChI=1S/C10H16O2/c1-3-12-8-4-7-6-10(7,2)9(11)5-8/h7-8H,3-6H2,1-2H3/t7-,8-,10+/m0/s1. The van der Waals surface area contributed by atoms with E-state index in [-0.39, 0.29) is 11.5 Å². The lowest BCUT2D eigenvalue weighted by atomic mass is 9.87. The maximum absolute atomic E-state index is 11.6. The number of carbonyl (C=O) groups is 1. The van der Waals surface area contributed by atoms with Gasteiger partial charge in [0.25, 0.3) is 0 Å². The molecular formula is C10H16O2. The highest BCUT2D eigenvalue weighted by Crippen LogP contribution is 2.59. The summed E-state index contributed by atoms with van der Waals surface area (Å²) in [6.45, 7) is 4.83. The zero-order valence-electron chi connectivity index (χ0n) is 7.80. The molecule has 0 N–H and O–H groups in total. The summed E-state index contributed by atoms with van der Waals surface area (Å²) >= 11 is 0. The molecule has 2 aliphatic carbocycles. The van der Waals surface area contributed by atoms with Crippen LogP contribution >= 0.6 is 0 Å². The Morgan fingerprint density at radius 1 is 1.67 bits per heavy atom. The van der Waals surface area contributed by atoms with E-state index in [2.05, 4.69) is 6.92 Å². The first-order valence-electron chi connectivity index (χ1n) is 4.81. The maximum Gasteiger partial charge on any atom is 0.141 e. The Morgan fingerprint density at radius 2 is 2.42 bits per heavy atom. The summed E-state index contributed by atoms with van der Waals surface area (Å²) in [6.07, 6.45) is 3.09. The van der Waals surface area contributed by atoms with Crippen molar-refractivity contribution in [3.8, 4) is 0 Å². The molecule has 2 fully saturated rings. The SMILES string of the molecule is CCO[C@@H]1CC(=O)[C@]2(C)C[C@@H]2C1. The highest BCUT2D eigenvalue weighted by molar-refractivity contribution is 5.89. The first kappa shape index (κ1) is 8.24. The van der Waals surface area contributed by atoms with Crippen LogP contribution in [0.2, 0.25) is 0 Å². The smallest absolute Gasteiger partial charge is 0.141 e. The maximum atomic E-state index is 11.6. The molecule has 0 aliphatic heterocycles. The number of rotatable bonds is 2. The molecule has 12 heavy (non-hydrogen) atoms. The molecule has 0 radical (unpaired) electrons. The van der Waals surface area contributed by atoms with Crippen molar-refractivity contribution < 1.29 is 9.53 Å². The summed E-state index contributed by atoms with van der Waals surface area (Å²) < 4.78 is 5.47. The van der Waals surface area contributed by atoms with Crippen molar-refractivity contribution in [2.75, 3.05) is 6.61 Å². The van der Waals surface area contributed by atoms with Gasteiger partial charge in [-0.25, -0.2) is 0 Å². The Balaban J connectivity index is 1.97. The molecule has 2 saturated carbocycles. The summed E-state index contributed by atoms with van der Waals surface area (Å²) in [5.41, 5.74) is 0.0631. The number of ketones is 1. The van der Waals surface area contributed by atoms with Crippen LogP contribution in [0.3, 0.4) is 0 Å². The Kier molecular flexibility index (Phi) is 1.76. The van der Waals surface area contributed by atoms with Crippen LogP contribution in [0.15, 0.2) is 0 Å². The van der Waals surface area contributed by atoms with E-state index in [1.54, 1.807) is 0 Å². The van der Waals surface area contributed by atoms with Crippen LogP contribution in [-0.2, 0) is 9.53 Å². The van der Waals surface area contributed by atoms with Crippen LogP contribution in [0.4, 0.5) is 0 Å². The quantitative estimate of drug-likeness (QED) is 0.628. The van der Waals surface area contributed by atoms with E-state index < -0.39 is 0 Å². The molecule has 2 heteroatoms. The van der Waals surface area contributed by atoms with Gasteiger partial charge < -0.3 is 4.74 Å². The van der Waals surface area contributed by atoms with Crippen molar-refractivity contribution >= 4 is 5.78 Å². The molecule has 2 nitrogen and oxygen atoms in total. The van der Waals surface area contributed by atoms with Gasteiger partial charge >= 0.3 is 0 Å². The van der Waals surface area contributed by atoms with Crippen LogP contribution < -0.4 is 0 Å². The van der Waals surface area contributed by atoms with Crippen LogP contribution in [-0.4, -0.2) is 18.5 Å². The third kappa shape index (κ3) is 1.09. The molecule has 0 aromatic heterocycles. The number of Topliss-reactive ketones (excluding diaryl/α,β-unsaturated/α-hetero) is 1. The van der Waals surface area contributed by atoms with Crippen LogP contribution in [0.1, 0.15) is 33.1 Å². The first-order valence-corrected chi connectivity index (χ1v) is 4.81. The predicted octanol–water partition coefficient (Wildman–Crippen LogP) is 1.78. The summed E-state index contributed by atoms with van der Waals surface area (Å²) in [5, 5.41) is 0. The van der Waals surface area contributed by atoms with Crippen molar-refractivity contribution in [1.29, 1.82) is 0 Å². The molecule has 68 valence electrons. The topological polar surface area (TPSA) is 26.3 Å². The van der Waals surface area contributed by atoms with Gasteiger partial charge in [-0.05, 0) is 25.7 Å². The lowest BCUT2D eigenvalue weighted by Gasteiger charge is -2.24. The van der Waals surface area contributed by atoms with Gasteiger partial charge in [-0.15, -0.1) is 0 Å². The molecule has 0 bridgehead atoms. The van der Waals surface area contributed by atoms with Gasteiger partial charge in [0.05, 0.1) is 6.10 Å². The second-order valence-corrected chi connectivity index (χ2v) is 4.26. The molecule has 0 aromatic rings. The van der Waals surface area contributed by atoms with Gasteiger partial charge in [-0.3, -0.25) is 4.79 Å². The summed E-state index contributed by atoms with van der Waals surface area (Å²) in [4.78, 5) is 11.6. The van der Waals surface area contributed by atoms with Crippen molar-refractivity contribution in [3.05, 3.63) is 0 Å². The van der Waals surface area contributed by atoms with E-state index in [1.807, 2.05) is 6.92 Å². The molecule has 2 rings (SSSR count). The minimum absolute atomic E-state index is 0.0631. The van der Waals surface area contributed by atoms with E-state index in [0.717, 1.165) is 19.4 Å². The van der Waals surface area contributed by atoms with Crippen molar-refractivity contribution in [2.24, 2.45) is 11.3 Å². The molecule has 3 atom stereocenters. The van der Waals surface area contributed by atoms with Crippen LogP contribution in [0.25, 0.3) is 0 Å². The molecule has 0 aromatic carbocycles. The fraction of sp³-hybridized carbons (Fsp3) is 0.900. The van der Waals surface area contributed by atoms with Crippen molar-refractivity contribution in [3.63, 3.8) is 0 Å². The summed E-state index contributed by atoms with van der Waals surface area (Å²) in [5.74, 6) is 1.06. The van der Waals surface area contributed by atoms with E-state index in [1.165, 1.54) is 0 Å². The molecule has 0 spiro atoms. The molecule has 0 amide bonds. The van der Waals surface area contributed by atoms with Gasteiger partial charge in [0.15, 0.2) is 0 Å². The fourth-order valence-corrected chi connectivity index (χ4v) is 2.34. The van der Waals surface area contributed by atoms with Gasteiger partial charge in [-0.1, -0.05) is 6.92 Å². The Labute approximate surface area is 73.3 Å². The number of ether oxygens (including phenoxy) is 1. The molecule has 2 aliphatic rings. The number of hydrogen-bond donors (Lipinski definition) is 0. The Morgan fingerprint density at radius 3 is 3.00 bits per heavy atom. The Hall–Kier alpha value is -0.370. The van der Waals surface area contributed by atoms with Crippen LogP contribution in [0.5, 0.6) is 0 Å². The molecule has 0 unspecified atom stereocenters. The van der Waals surface area contributed by atoms with Crippen LogP contribution in [0, 0.1) is 11.3 Å². The van der Waals surface area contributed by atoms with E-state index in [0.29, 0.717) is 18.1 Å². The highest BCUT2D eigenvalue weighted by atomic mass is 16.5. The second-order valence-electron chi connectivity index (χ2n) is 4.26. The van der Waals surface area contributed by atoms with Gasteiger partial charge in [0.1, 0.15) is 5.78 Å². The van der Waals surface area contributed by atoms with Gasteiger partial charge in [0.2, 0.25) is 0 Å². The van der Waals surface area contributed by atoms with Gasteiger partial charge in [0, 0.05) is 18.4 Å². The largest absolute Gasteiger partial charge is 0.378 e. The third-order valence-corrected chi connectivity index (χ3v) is 3.41. The van der Waals surface area contributed by atoms with Crippen molar-refractivity contribution in [1.82, 2.24) is 0 Å². The molecular weight excluding hydrogens is 152 g/mol. The highest BCUT2D eigenvalue weighted by Gasteiger charge is 2.58. The number of hydrogen-bond acceptors (Lipinski definition) is 2. The first-order chi connectivity index (χ1) is 5.66. The minimum Gasteiger partial charge on any atom is -0.378 e. The summed E-state index contributed by atoms with van der Waals surface area (Å²) in [6, 6.07) is 0. The van der Waals surface area contributed by atoms with E-state index >= 15 is 0 Å². The predicted molar refractivity (Wildman–Crippen MR) is 45.9 cm³/mol. The monoisotopic (exact) mass is 168 g/mol. The Bertz CT molecular complexity index is 212. The molecule has 0 saturated heterocycles. The van der Waals surface area contributed by atoms with Crippen molar-refractivity contribution in [2.45, 2.75) is 39.2 Å². The minimum atomic E-state index is 0.0631. The average Bonchev–Trinajstić information content (AvgIpc) is 2.63. The molecule has 0 heterocycles. The zero-order chi connectivity index (χ0) is 8.77. The zero-order valence-corrected chi connectivity index (χ0v) is 7.80. The van der Waals surface area contributed by atoms with E-state index in [9.17, 15) is 4.79 Å². The van der Waals surface area contributed by atoms with E-state index in [4.69, 9.17) is 4.74 Å². The average molecular weight is 168 g/mol. The number of fused-ring (bicyclic) bond motifs is 1. The fourth-order valence-electron chi connectivity index (χ4n) is 2.34. The number of carbonyl (C=O) groups excluding carboxylic acids is 1. The third-order valence-electron chi connectivity index (χ3n) is 3.41. The summed E-state index contributed by atoms with van der Waals surface area (Å²) in [7, 11) is 0. The van der Waals surface area contributed by atoms with Gasteiger partial charge in [-0.2, -0.15) is 0 Å². The normalized spacial score (nSPS) is 45.7.